The van der Waals surface area contributed by atoms with Gasteiger partial charge >= 0.3 is 0 Å². The first kappa shape index (κ1) is 13.3. The lowest BCUT2D eigenvalue weighted by Gasteiger charge is -2.06. The van der Waals surface area contributed by atoms with E-state index in [0.29, 0.717) is 22.7 Å². The Morgan fingerprint density at radius 2 is 1.96 bits per heavy atom. The SMILES string of the molecule is NC(=O)c1cccc(Nc2ncnc3c2oc2ccccc23)c1. The standard InChI is InChI=1S/C17H12N4O2/c18-16(22)10-4-3-5-11(8-10)21-17-15-14(19-9-20-17)12-6-1-2-7-13(12)23-15/h1-9H,(H2,18,22)(H,19,20,21). The molecule has 112 valence electrons. The van der Waals surface area contributed by atoms with Crippen molar-refractivity contribution in [1.82, 2.24) is 9.97 Å². The van der Waals surface area contributed by atoms with Gasteiger partial charge in [0.05, 0.1) is 0 Å². The van der Waals surface area contributed by atoms with E-state index in [9.17, 15) is 4.79 Å². The fraction of sp³-hybridized carbons (Fsp3) is 0. The highest BCUT2D eigenvalue weighted by molar-refractivity contribution is 6.05. The second-order valence-corrected chi connectivity index (χ2v) is 5.07. The third kappa shape index (κ3) is 2.26. The maximum Gasteiger partial charge on any atom is 0.248 e. The van der Waals surface area contributed by atoms with Crippen LogP contribution in [0.15, 0.2) is 59.3 Å². The molecule has 23 heavy (non-hydrogen) atoms. The molecule has 2 heterocycles. The summed E-state index contributed by atoms with van der Waals surface area (Å²) in [7, 11) is 0. The number of para-hydroxylation sites is 1. The molecule has 0 aliphatic rings. The van der Waals surface area contributed by atoms with Crippen LogP contribution < -0.4 is 11.1 Å². The number of furan rings is 1. The zero-order chi connectivity index (χ0) is 15.8. The summed E-state index contributed by atoms with van der Waals surface area (Å²) in [6, 6.07) is 14.6. The number of carbonyl (C=O) groups is 1. The topological polar surface area (TPSA) is 94.0 Å². The molecule has 0 bridgehead atoms. The van der Waals surface area contributed by atoms with Crippen molar-refractivity contribution in [2.75, 3.05) is 5.32 Å². The van der Waals surface area contributed by atoms with Gasteiger partial charge in [0.15, 0.2) is 11.4 Å². The Labute approximate surface area is 131 Å². The molecule has 0 aliphatic heterocycles. The molecule has 6 nitrogen and oxygen atoms in total. The van der Waals surface area contributed by atoms with Crippen LogP contribution in [0.5, 0.6) is 0 Å². The summed E-state index contributed by atoms with van der Waals surface area (Å²) < 4.78 is 5.85. The van der Waals surface area contributed by atoms with Crippen LogP contribution in [0.25, 0.3) is 22.1 Å². The molecule has 0 saturated carbocycles. The van der Waals surface area contributed by atoms with Gasteiger partial charge in [-0.2, -0.15) is 0 Å². The van der Waals surface area contributed by atoms with Gasteiger partial charge in [-0.05, 0) is 30.3 Å². The first-order valence-corrected chi connectivity index (χ1v) is 7.01. The predicted octanol–water partition coefficient (Wildman–Crippen LogP) is 3.22. The molecule has 6 heteroatoms. The van der Waals surface area contributed by atoms with Crippen molar-refractivity contribution in [2.24, 2.45) is 5.73 Å². The van der Waals surface area contributed by atoms with E-state index >= 15 is 0 Å². The summed E-state index contributed by atoms with van der Waals surface area (Å²) in [6.45, 7) is 0. The van der Waals surface area contributed by atoms with Crippen molar-refractivity contribution in [3.8, 4) is 0 Å². The van der Waals surface area contributed by atoms with E-state index in [2.05, 4.69) is 15.3 Å². The van der Waals surface area contributed by atoms with E-state index in [0.717, 1.165) is 16.5 Å². The van der Waals surface area contributed by atoms with Gasteiger partial charge in [-0.25, -0.2) is 9.97 Å². The quantitative estimate of drug-likeness (QED) is 0.606. The smallest absolute Gasteiger partial charge is 0.248 e. The number of primary amides is 1. The minimum absolute atomic E-state index is 0.421. The fourth-order valence-corrected chi connectivity index (χ4v) is 2.50. The molecular weight excluding hydrogens is 292 g/mol. The van der Waals surface area contributed by atoms with Crippen molar-refractivity contribution in [3.05, 3.63) is 60.4 Å². The minimum Gasteiger partial charge on any atom is -0.450 e. The van der Waals surface area contributed by atoms with Crippen LogP contribution in [-0.2, 0) is 0 Å². The number of hydrogen-bond donors (Lipinski definition) is 2. The van der Waals surface area contributed by atoms with Crippen LogP contribution in [0.2, 0.25) is 0 Å². The van der Waals surface area contributed by atoms with Crippen LogP contribution in [0.3, 0.4) is 0 Å². The summed E-state index contributed by atoms with van der Waals surface area (Å²) in [5.41, 5.74) is 8.48. The number of aromatic nitrogens is 2. The van der Waals surface area contributed by atoms with Crippen LogP contribution in [0.1, 0.15) is 10.4 Å². The number of benzene rings is 2. The summed E-state index contributed by atoms with van der Waals surface area (Å²) in [6.07, 6.45) is 1.48. The molecule has 3 N–H and O–H groups in total. The van der Waals surface area contributed by atoms with Gasteiger partial charge in [-0.15, -0.1) is 0 Å². The fourth-order valence-electron chi connectivity index (χ4n) is 2.50. The average Bonchev–Trinajstić information content (AvgIpc) is 2.95. The third-order valence-electron chi connectivity index (χ3n) is 3.57. The number of nitrogens with zero attached hydrogens (tertiary/aromatic N) is 2. The molecule has 0 atom stereocenters. The van der Waals surface area contributed by atoms with E-state index in [1.807, 2.05) is 30.3 Å². The normalized spacial score (nSPS) is 11.0. The average molecular weight is 304 g/mol. The van der Waals surface area contributed by atoms with Crippen molar-refractivity contribution in [1.29, 1.82) is 0 Å². The highest BCUT2D eigenvalue weighted by Crippen LogP contribution is 2.31. The lowest BCUT2D eigenvalue weighted by molar-refractivity contribution is 0.100. The van der Waals surface area contributed by atoms with Gasteiger partial charge < -0.3 is 15.5 Å². The van der Waals surface area contributed by atoms with Crippen LogP contribution >= 0.6 is 0 Å². The van der Waals surface area contributed by atoms with Crippen molar-refractivity contribution in [3.63, 3.8) is 0 Å². The van der Waals surface area contributed by atoms with Gasteiger partial charge in [0.1, 0.15) is 17.4 Å². The van der Waals surface area contributed by atoms with Crippen molar-refractivity contribution >= 4 is 39.5 Å². The van der Waals surface area contributed by atoms with E-state index in [1.54, 1.807) is 18.2 Å². The molecule has 0 fully saturated rings. The maximum atomic E-state index is 11.3. The summed E-state index contributed by atoms with van der Waals surface area (Å²) in [5, 5.41) is 4.08. The number of nitrogens with one attached hydrogen (secondary N) is 1. The number of carbonyl (C=O) groups excluding carboxylic acids is 1. The summed E-state index contributed by atoms with van der Waals surface area (Å²) in [4.78, 5) is 19.8. The molecule has 0 radical (unpaired) electrons. The van der Waals surface area contributed by atoms with Gasteiger partial charge in [-0.3, -0.25) is 4.79 Å². The van der Waals surface area contributed by atoms with Crippen molar-refractivity contribution in [2.45, 2.75) is 0 Å². The van der Waals surface area contributed by atoms with Gasteiger partial charge in [0.25, 0.3) is 0 Å². The van der Waals surface area contributed by atoms with Crippen molar-refractivity contribution < 1.29 is 9.21 Å². The third-order valence-corrected chi connectivity index (χ3v) is 3.57. The zero-order valence-corrected chi connectivity index (χ0v) is 12.0. The molecule has 1 amide bonds. The Morgan fingerprint density at radius 1 is 1.09 bits per heavy atom. The van der Waals surface area contributed by atoms with Crippen LogP contribution in [0, 0.1) is 0 Å². The monoisotopic (exact) mass is 304 g/mol. The molecule has 4 rings (SSSR count). The zero-order valence-electron chi connectivity index (χ0n) is 12.0. The molecular formula is C17H12N4O2. The number of anilines is 2. The lowest BCUT2D eigenvalue weighted by Crippen LogP contribution is -2.10. The Bertz CT molecular complexity index is 1040. The minimum atomic E-state index is -0.481. The Morgan fingerprint density at radius 3 is 2.83 bits per heavy atom. The number of fused-ring (bicyclic) bond motifs is 3. The van der Waals surface area contributed by atoms with Gasteiger partial charge in [-0.1, -0.05) is 18.2 Å². The second-order valence-electron chi connectivity index (χ2n) is 5.07. The van der Waals surface area contributed by atoms with E-state index in [4.69, 9.17) is 10.2 Å². The molecule has 2 aromatic carbocycles. The number of rotatable bonds is 3. The maximum absolute atomic E-state index is 11.3. The number of amides is 1. The first-order chi connectivity index (χ1) is 11.2. The molecule has 0 unspecified atom stereocenters. The van der Waals surface area contributed by atoms with Crippen LogP contribution in [0.4, 0.5) is 11.5 Å². The van der Waals surface area contributed by atoms with E-state index < -0.39 is 5.91 Å². The highest BCUT2D eigenvalue weighted by Gasteiger charge is 2.13. The number of nitrogens with two attached hydrogens (primary N) is 1. The Hall–Kier alpha value is -3.41. The lowest BCUT2D eigenvalue weighted by atomic mass is 10.2. The van der Waals surface area contributed by atoms with Gasteiger partial charge in [0.2, 0.25) is 5.91 Å². The molecule has 0 aliphatic carbocycles. The van der Waals surface area contributed by atoms with E-state index in [-0.39, 0.29) is 0 Å². The van der Waals surface area contributed by atoms with Gasteiger partial charge in [0, 0.05) is 16.6 Å². The van der Waals surface area contributed by atoms with E-state index in [1.165, 1.54) is 6.33 Å². The molecule has 0 saturated heterocycles. The largest absolute Gasteiger partial charge is 0.450 e. The molecule has 4 aromatic rings. The summed E-state index contributed by atoms with van der Waals surface area (Å²) in [5.74, 6) is 0.0537. The number of hydrogen-bond acceptors (Lipinski definition) is 5. The molecule has 0 spiro atoms. The summed E-state index contributed by atoms with van der Waals surface area (Å²) >= 11 is 0. The Balaban J connectivity index is 1.83. The first-order valence-electron chi connectivity index (χ1n) is 7.01. The highest BCUT2D eigenvalue weighted by atomic mass is 16.3. The Kier molecular flexibility index (Phi) is 2.94. The molecule has 2 aromatic heterocycles. The van der Waals surface area contributed by atoms with Crippen LogP contribution in [-0.4, -0.2) is 15.9 Å². The predicted molar refractivity (Wildman–Crippen MR) is 87.6 cm³/mol. The second kappa shape index (κ2) is 5.10.